The molecule has 0 radical (unpaired) electrons. The molecule has 1 atom stereocenters. The highest BCUT2D eigenvalue weighted by atomic mass is 16.5. The van der Waals surface area contributed by atoms with Gasteiger partial charge in [-0.15, -0.1) is 0 Å². The van der Waals surface area contributed by atoms with Crippen molar-refractivity contribution in [1.29, 1.82) is 0 Å². The van der Waals surface area contributed by atoms with Crippen LogP contribution in [-0.2, 0) is 25.5 Å². The fourth-order valence-electron chi connectivity index (χ4n) is 3.01. The lowest BCUT2D eigenvalue weighted by molar-refractivity contribution is -0.165. The Balaban J connectivity index is 2.10. The van der Waals surface area contributed by atoms with Gasteiger partial charge in [0.25, 0.3) is 0 Å². The third-order valence-electron chi connectivity index (χ3n) is 4.04. The van der Waals surface area contributed by atoms with Crippen LogP contribution in [0.25, 0.3) is 0 Å². The summed E-state index contributed by atoms with van der Waals surface area (Å²) in [6.45, 7) is 1.29. The highest BCUT2D eigenvalue weighted by molar-refractivity contribution is 5.80. The molecule has 2 amide bonds. The van der Waals surface area contributed by atoms with Crippen molar-refractivity contribution in [3.8, 4) is 5.75 Å². The van der Waals surface area contributed by atoms with E-state index < -0.39 is 11.5 Å². The molecule has 132 valence electrons. The van der Waals surface area contributed by atoms with Crippen molar-refractivity contribution in [2.75, 3.05) is 40.5 Å². The maximum atomic E-state index is 12.7. The first-order valence-corrected chi connectivity index (χ1v) is 7.80. The average molecular weight is 336 g/mol. The Morgan fingerprint density at radius 1 is 1.33 bits per heavy atom. The topological polar surface area (TPSA) is 91.1 Å². The van der Waals surface area contributed by atoms with Gasteiger partial charge >= 0.3 is 0 Å². The van der Waals surface area contributed by atoms with Crippen LogP contribution in [-0.4, -0.2) is 62.8 Å². The molecule has 7 nitrogen and oxygen atoms in total. The molecule has 0 bridgehead atoms. The Hall–Kier alpha value is -2.12. The van der Waals surface area contributed by atoms with Gasteiger partial charge in [0.1, 0.15) is 11.4 Å². The van der Waals surface area contributed by atoms with E-state index in [1.165, 1.54) is 7.11 Å². The molecule has 1 aromatic carbocycles. The van der Waals surface area contributed by atoms with Crippen LogP contribution < -0.4 is 10.5 Å². The molecule has 24 heavy (non-hydrogen) atoms. The number of nitrogens with two attached hydrogens (primary N) is 1. The Labute approximate surface area is 141 Å². The summed E-state index contributed by atoms with van der Waals surface area (Å²) in [5.41, 5.74) is 5.27. The van der Waals surface area contributed by atoms with Gasteiger partial charge in [-0.3, -0.25) is 9.59 Å². The van der Waals surface area contributed by atoms with E-state index in [4.69, 9.17) is 19.9 Å². The summed E-state index contributed by atoms with van der Waals surface area (Å²) in [4.78, 5) is 25.7. The predicted molar refractivity (Wildman–Crippen MR) is 87.6 cm³/mol. The van der Waals surface area contributed by atoms with Crippen LogP contribution >= 0.6 is 0 Å². The first-order chi connectivity index (χ1) is 11.5. The van der Waals surface area contributed by atoms with Crippen molar-refractivity contribution in [3.05, 3.63) is 29.8 Å². The molecule has 0 saturated carbocycles. The number of rotatable bonds is 7. The SMILES string of the molecule is COC[C@@]1(CC(N)=O)CN(C(=O)Cc2ccccc2OC)CCO1. The second kappa shape index (κ2) is 8.12. The van der Waals surface area contributed by atoms with E-state index in [-0.39, 0.29) is 31.9 Å². The number of nitrogens with zero attached hydrogens (tertiary/aromatic N) is 1. The Morgan fingerprint density at radius 3 is 2.75 bits per heavy atom. The quantitative estimate of drug-likeness (QED) is 0.776. The molecule has 1 aromatic rings. The lowest BCUT2D eigenvalue weighted by atomic mass is 9.97. The molecular weight excluding hydrogens is 312 g/mol. The molecule has 2 rings (SSSR count). The molecule has 1 aliphatic heterocycles. The van der Waals surface area contributed by atoms with E-state index in [0.29, 0.717) is 18.9 Å². The minimum Gasteiger partial charge on any atom is -0.496 e. The number of carbonyl (C=O) groups excluding carboxylic acids is 2. The summed E-state index contributed by atoms with van der Waals surface area (Å²) in [6, 6.07) is 7.41. The van der Waals surface area contributed by atoms with Gasteiger partial charge in [0, 0.05) is 19.2 Å². The summed E-state index contributed by atoms with van der Waals surface area (Å²) in [5.74, 6) is 0.151. The molecule has 2 N–H and O–H groups in total. The van der Waals surface area contributed by atoms with Crippen LogP contribution in [0.1, 0.15) is 12.0 Å². The first-order valence-electron chi connectivity index (χ1n) is 7.80. The van der Waals surface area contributed by atoms with Crippen molar-refractivity contribution in [2.45, 2.75) is 18.4 Å². The number of ether oxygens (including phenoxy) is 3. The standard InChI is InChI=1S/C17H24N2O5/c1-22-12-17(10-15(18)20)11-19(7-8-24-17)16(21)9-13-5-3-4-6-14(13)23-2/h3-6H,7-12H2,1-2H3,(H2,18,20)/t17-/m1/s1. The number of para-hydroxylation sites is 1. The van der Waals surface area contributed by atoms with E-state index >= 15 is 0 Å². The normalized spacial score (nSPS) is 20.7. The number of carbonyl (C=O) groups is 2. The zero-order valence-electron chi connectivity index (χ0n) is 14.1. The van der Waals surface area contributed by atoms with Crippen molar-refractivity contribution < 1.29 is 23.8 Å². The Kier molecular flexibility index (Phi) is 6.16. The van der Waals surface area contributed by atoms with Crippen LogP contribution in [0.2, 0.25) is 0 Å². The number of primary amides is 1. The molecule has 1 aliphatic rings. The maximum Gasteiger partial charge on any atom is 0.227 e. The highest BCUT2D eigenvalue weighted by Crippen LogP contribution is 2.24. The van der Waals surface area contributed by atoms with E-state index in [1.807, 2.05) is 24.3 Å². The van der Waals surface area contributed by atoms with Crippen LogP contribution in [0.4, 0.5) is 0 Å². The summed E-state index contributed by atoms with van der Waals surface area (Å²) in [6.07, 6.45) is 0.239. The minimum absolute atomic E-state index is 0.0132. The highest BCUT2D eigenvalue weighted by Gasteiger charge is 2.40. The van der Waals surface area contributed by atoms with E-state index in [2.05, 4.69) is 0 Å². The fourth-order valence-corrected chi connectivity index (χ4v) is 3.01. The summed E-state index contributed by atoms with van der Waals surface area (Å²) in [7, 11) is 3.11. The molecule has 1 fully saturated rings. The molecule has 0 spiro atoms. The number of morpholine rings is 1. The number of hydrogen-bond acceptors (Lipinski definition) is 5. The van der Waals surface area contributed by atoms with E-state index in [1.54, 1.807) is 12.0 Å². The first kappa shape index (κ1) is 18.2. The third-order valence-corrected chi connectivity index (χ3v) is 4.04. The molecule has 1 heterocycles. The van der Waals surface area contributed by atoms with Crippen LogP contribution in [0.15, 0.2) is 24.3 Å². The molecule has 0 aliphatic carbocycles. The number of benzene rings is 1. The van der Waals surface area contributed by atoms with E-state index in [9.17, 15) is 9.59 Å². The average Bonchev–Trinajstić information content (AvgIpc) is 2.55. The van der Waals surface area contributed by atoms with Gasteiger partial charge in [0.05, 0.1) is 39.7 Å². The zero-order chi connectivity index (χ0) is 17.6. The fraction of sp³-hybridized carbons (Fsp3) is 0.529. The number of hydrogen-bond donors (Lipinski definition) is 1. The van der Waals surface area contributed by atoms with Gasteiger partial charge in [-0.2, -0.15) is 0 Å². The lowest BCUT2D eigenvalue weighted by Crippen LogP contribution is -2.57. The Bertz CT molecular complexity index is 588. The molecule has 0 unspecified atom stereocenters. The second-order valence-corrected chi connectivity index (χ2v) is 5.91. The molecular formula is C17H24N2O5. The summed E-state index contributed by atoms with van der Waals surface area (Å²) >= 11 is 0. The van der Waals surface area contributed by atoms with Gasteiger partial charge in [0.2, 0.25) is 11.8 Å². The predicted octanol–water partition coefficient (Wildman–Crippen LogP) is 0.357. The van der Waals surface area contributed by atoms with Crippen molar-refractivity contribution in [3.63, 3.8) is 0 Å². The monoisotopic (exact) mass is 336 g/mol. The van der Waals surface area contributed by atoms with Crippen molar-refractivity contribution in [1.82, 2.24) is 4.90 Å². The maximum absolute atomic E-state index is 12.7. The van der Waals surface area contributed by atoms with E-state index in [0.717, 1.165) is 5.56 Å². The summed E-state index contributed by atoms with van der Waals surface area (Å²) in [5, 5.41) is 0. The molecule has 1 saturated heterocycles. The number of methoxy groups -OCH3 is 2. The van der Waals surface area contributed by atoms with Crippen LogP contribution in [0.3, 0.4) is 0 Å². The van der Waals surface area contributed by atoms with Gasteiger partial charge in [-0.05, 0) is 6.07 Å². The van der Waals surface area contributed by atoms with Crippen LogP contribution in [0, 0.1) is 0 Å². The van der Waals surface area contributed by atoms with Gasteiger partial charge < -0.3 is 24.8 Å². The zero-order valence-corrected chi connectivity index (χ0v) is 14.1. The van der Waals surface area contributed by atoms with Gasteiger partial charge in [-0.1, -0.05) is 18.2 Å². The molecule has 0 aromatic heterocycles. The summed E-state index contributed by atoms with van der Waals surface area (Å²) < 4.78 is 16.2. The Morgan fingerprint density at radius 2 is 2.08 bits per heavy atom. The third kappa shape index (κ3) is 4.46. The van der Waals surface area contributed by atoms with Crippen molar-refractivity contribution >= 4 is 11.8 Å². The lowest BCUT2D eigenvalue weighted by Gasteiger charge is -2.41. The smallest absolute Gasteiger partial charge is 0.227 e. The van der Waals surface area contributed by atoms with Gasteiger partial charge in [0.15, 0.2) is 0 Å². The number of amides is 2. The van der Waals surface area contributed by atoms with Crippen LogP contribution in [0.5, 0.6) is 5.75 Å². The largest absolute Gasteiger partial charge is 0.496 e. The van der Waals surface area contributed by atoms with Crippen molar-refractivity contribution in [2.24, 2.45) is 5.73 Å². The van der Waals surface area contributed by atoms with Gasteiger partial charge in [-0.25, -0.2) is 0 Å². The second-order valence-electron chi connectivity index (χ2n) is 5.91. The molecule has 7 heteroatoms. The minimum atomic E-state index is -0.880.